The molecule has 202 valence electrons. The van der Waals surface area contributed by atoms with Crippen LogP contribution < -0.4 is 5.32 Å². The van der Waals surface area contributed by atoms with Crippen LogP contribution in [0.4, 0.5) is 5.00 Å². The number of benzene rings is 2. The van der Waals surface area contributed by atoms with E-state index in [2.05, 4.69) is 15.3 Å². The Morgan fingerprint density at radius 3 is 2.36 bits per heavy atom. The number of esters is 3. The van der Waals surface area contributed by atoms with Crippen LogP contribution in [0.1, 0.15) is 56.7 Å². The molecule has 1 amide bonds. The van der Waals surface area contributed by atoms with Gasteiger partial charge in [-0.3, -0.25) is 4.79 Å². The second-order valence-electron chi connectivity index (χ2n) is 8.42. The van der Waals surface area contributed by atoms with Crippen LogP contribution >= 0.6 is 11.3 Å². The van der Waals surface area contributed by atoms with Crippen molar-refractivity contribution in [2.75, 3.05) is 18.5 Å². The van der Waals surface area contributed by atoms with Crippen molar-refractivity contribution in [1.82, 2.24) is 9.97 Å². The molecule has 0 aliphatic heterocycles. The van der Waals surface area contributed by atoms with E-state index in [0.717, 1.165) is 16.9 Å². The lowest BCUT2D eigenvalue weighted by atomic mass is 10.1. The summed E-state index contributed by atoms with van der Waals surface area (Å²) in [6.07, 6.45) is -1.21. The number of carbonyl (C=O) groups is 4. The summed E-state index contributed by atoms with van der Waals surface area (Å²) in [6.45, 7) is 6.55. The van der Waals surface area contributed by atoms with Gasteiger partial charge in [-0.15, -0.1) is 11.3 Å². The number of hydrogen-bond donors (Lipinski definition) is 2. The SMILES string of the molecule is CCOC(=O)c1sc(NC(=O)C(C)OC(=O)c2ccc3nc(-c4ccccc4)[nH]c3c2)c(C(=O)OCC)c1C. The smallest absolute Gasteiger partial charge is 0.348 e. The fourth-order valence-electron chi connectivity index (χ4n) is 3.81. The summed E-state index contributed by atoms with van der Waals surface area (Å²) in [4.78, 5) is 58.6. The van der Waals surface area contributed by atoms with Crippen LogP contribution in [0, 0.1) is 6.92 Å². The maximum absolute atomic E-state index is 12.9. The maximum Gasteiger partial charge on any atom is 0.348 e. The van der Waals surface area contributed by atoms with Crippen molar-refractivity contribution in [3.05, 3.63) is 70.1 Å². The third-order valence-corrected chi connectivity index (χ3v) is 6.93. The fraction of sp³-hybridized carbons (Fsp3) is 0.250. The van der Waals surface area contributed by atoms with E-state index in [1.165, 1.54) is 6.92 Å². The number of thiophene rings is 1. The highest BCUT2D eigenvalue weighted by Crippen LogP contribution is 2.34. The predicted octanol–water partition coefficient (Wildman–Crippen LogP) is 5.14. The molecular formula is C28H27N3O7S. The van der Waals surface area contributed by atoms with Gasteiger partial charge in [0.05, 0.1) is 35.4 Å². The van der Waals surface area contributed by atoms with Crippen LogP contribution in [0.15, 0.2) is 48.5 Å². The van der Waals surface area contributed by atoms with Crippen LogP contribution in [0.2, 0.25) is 0 Å². The van der Waals surface area contributed by atoms with Crippen molar-refractivity contribution >= 4 is 51.2 Å². The average molecular weight is 550 g/mol. The summed E-state index contributed by atoms with van der Waals surface area (Å²) >= 11 is 0.892. The van der Waals surface area contributed by atoms with E-state index in [1.54, 1.807) is 39.0 Å². The van der Waals surface area contributed by atoms with Gasteiger partial charge in [0, 0.05) is 5.56 Å². The Labute approximate surface area is 228 Å². The number of nitrogens with zero attached hydrogens (tertiary/aromatic N) is 1. The number of aromatic nitrogens is 2. The van der Waals surface area contributed by atoms with Crippen LogP contribution in [-0.2, 0) is 19.0 Å². The molecule has 2 N–H and O–H groups in total. The third-order valence-electron chi connectivity index (χ3n) is 5.74. The molecule has 0 saturated heterocycles. The number of anilines is 1. The molecule has 0 saturated carbocycles. The highest BCUT2D eigenvalue weighted by molar-refractivity contribution is 7.18. The van der Waals surface area contributed by atoms with Crippen LogP contribution in [0.5, 0.6) is 0 Å². The Bertz CT molecular complexity index is 1540. The molecular weight excluding hydrogens is 522 g/mol. The standard InChI is InChI=1S/C28H27N3O7S/c1-5-36-27(34)21-15(3)22(28(35)37-6-2)39-25(21)31-24(32)16(4)38-26(33)18-12-13-19-20(14-18)30-23(29-19)17-10-8-7-9-11-17/h7-14,16H,5-6H2,1-4H3,(H,29,30)(H,31,32). The van der Waals surface area contributed by atoms with E-state index in [9.17, 15) is 19.2 Å². The number of nitrogens with one attached hydrogen (secondary N) is 2. The van der Waals surface area contributed by atoms with Gasteiger partial charge in [0.15, 0.2) is 6.10 Å². The fourth-order valence-corrected chi connectivity index (χ4v) is 4.90. The van der Waals surface area contributed by atoms with Gasteiger partial charge >= 0.3 is 17.9 Å². The summed E-state index contributed by atoms with van der Waals surface area (Å²) in [5, 5.41) is 2.70. The monoisotopic (exact) mass is 549 g/mol. The number of aromatic amines is 1. The Kier molecular flexibility index (Phi) is 8.40. The van der Waals surface area contributed by atoms with Gasteiger partial charge in [0.2, 0.25) is 0 Å². The van der Waals surface area contributed by atoms with Crippen molar-refractivity contribution in [1.29, 1.82) is 0 Å². The quantitative estimate of drug-likeness (QED) is 0.216. The molecule has 1 atom stereocenters. The van der Waals surface area contributed by atoms with Crippen LogP contribution in [0.25, 0.3) is 22.4 Å². The Morgan fingerprint density at radius 1 is 0.974 bits per heavy atom. The first-order valence-electron chi connectivity index (χ1n) is 12.3. The van der Waals surface area contributed by atoms with Crippen LogP contribution in [-0.4, -0.2) is 53.1 Å². The van der Waals surface area contributed by atoms with E-state index in [1.807, 2.05) is 30.3 Å². The minimum atomic E-state index is -1.21. The number of fused-ring (bicyclic) bond motifs is 1. The number of hydrogen-bond acceptors (Lipinski definition) is 9. The molecule has 2 aromatic heterocycles. The second-order valence-corrected chi connectivity index (χ2v) is 9.44. The molecule has 0 bridgehead atoms. The highest BCUT2D eigenvalue weighted by atomic mass is 32.1. The zero-order valence-corrected chi connectivity index (χ0v) is 22.6. The van der Waals surface area contributed by atoms with E-state index >= 15 is 0 Å². The first kappa shape index (κ1) is 27.5. The maximum atomic E-state index is 12.9. The molecule has 0 aliphatic rings. The average Bonchev–Trinajstić information content (AvgIpc) is 3.49. The lowest BCUT2D eigenvalue weighted by molar-refractivity contribution is -0.123. The second kappa shape index (κ2) is 11.9. The Balaban J connectivity index is 1.50. The van der Waals surface area contributed by atoms with E-state index < -0.39 is 29.9 Å². The summed E-state index contributed by atoms with van der Waals surface area (Å²) in [7, 11) is 0. The largest absolute Gasteiger partial charge is 0.462 e. The van der Waals surface area contributed by atoms with E-state index in [4.69, 9.17) is 14.2 Å². The zero-order chi connectivity index (χ0) is 28.1. The predicted molar refractivity (Wildman–Crippen MR) is 146 cm³/mol. The molecule has 4 aromatic rings. The van der Waals surface area contributed by atoms with Gasteiger partial charge in [-0.25, -0.2) is 19.4 Å². The molecule has 39 heavy (non-hydrogen) atoms. The highest BCUT2D eigenvalue weighted by Gasteiger charge is 2.29. The number of amides is 1. The van der Waals surface area contributed by atoms with E-state index in [-0.39, 0.29) is 34.2 Å². The summed E-state index contributed by atoms with van der Waals surface area (Å²) < 4.78 is 15.6. The molecule has 11 heteroatoms. The first-order valence-corrected chi connectivity index (χ1v) is 13.1. The van der Waals surface area contributed by atoms with Crippen molar-refractivity contribution < 1.29 is 33.4 Å². The van der Waals surface area contributed by atoms with Gasteiger partial charge in [0.25, 0.3) is 5.91 Å². The van der Waals surface area contributed by atoms with Crippen molar-refractivity contribution in [3.63, 3.8) is 0 Å². The number of rotatable bonds is 9. The van der Waals surface area contributed by atoms with Gasteiger partial charge < -0.3 is 24.5 Å². The molecule has 2 aromatic carbocycles. The molecule has 10 nitrogen and oxygen atoms in total. The minimum absolute atomic E-state index is 0.0516. The Morgan fingerprint density at radius 2 is 1.67 bits per heavy atom. The number of imidazole rings is 1. The number of carbonyl (C=O) groups excluding carboxylic acids is 4. The number of H-pyrrole nitrogens is 1. The van der Waals surface area contributed by atoms with Gasteiger partial charge in [-0.1, -0.05) is 30.3 Å². The van der Waals surface area contributed by atoms with Gasteiger partial charge in [-0.2, -0.15) is 0 Å². The summed E-state index contributed by atoms with van der Waals surface area (Å²) in [6, 6.07) is 14.4. The first-order chi connectivity index (χ1) is 18.7. The number of ether oxygens (including phenoxy) is 3. The minimum Gasteiger partial charge on any atom is -0.462 e. The molecule has 1 unspecified atom stereocenters. The lowest BCUT2D eigenvalue weighted by Gasteiger charge is -2.14. The molecule has 0 aliphatic carbocycles. The third kappa shape index (κ3) is 5.99. The molecule has 4 rings (SSSR count). The van der Waals surface area contributed by atoms with Gasteiger partial charge in [-0.05, 0) is 51.5 Å². The van der Waals surface area contributed by atoms with Crippen molar-refractivity contribution in [2.24, 2.45) is 0 Å². The molecule has 0 radical (unpaired) electrons. The van der Waals surface area contributed by atoms with Crippen molar-refractivity contribution in [2.45, 2.75) is 33.8 Å². The summed E-state index contributed by atoms with van der Waals surface area (Å²) in [5.41, 5.74) is 2.83. The topological polar surface area (TPSA) is 137 Å². The van der Waals surface area contributed by atoms with Gasteiger partial charge in [0.1, 0.15) is 15.7 Å². The Hall–Kier alpha value is -4.51. The normalized spacial score (nSPS) is 11.6. The van der Waals surface area contributed by atoms with Crippen LogP contribution in [0.3, 0.4) is 0 Å². The van der Waals surface area contributed by atoms with E-state index in [0.29, 0.717) is 22.4 Å². The molecule has 0 spiro atoms. The van der Waals surface area contributed by atoms with Crippen molar-refractivity contribution in [3.8, 4) is 11.4 Å². The molecule has 0 fully saturated rings. The summed E-state index contributed by atoms with van der Waals surface area (Å²) in [5.74, 6) is -2.04. The molecule has 2 heterocycles. The zero-order valence-electron chi connectivity index (χ0n) is 21.8. The lowest BCUT2D eigenvalue weighted by Crippen LogP contribution is -2.30.